The summed E-state index contributed by atoms with van der Waals surface area (Å²) in [4.78, 5) is 29.8. The Morgan fingerprint density at radius 3 is 2.72 bits per heavy atom. The van der Waals surface area contributed by atoms with Gasteiger partial charge in [-0.1, -0.05) is 37.7 Å². The molecule has 1 aromatic carbocycles. The number of fused-ring (bicyclic) bond motifs is 1. The summed E-state index contributed by atoms with van der Waals surface area (Å²) in [7, 11) is 1.62. The molecule has 0 aliphatic heterocycles. The van der Waals surface area contributed by atoms with Gasteiger partial charge in [0, 0.05) is 6.54 Å². The highest BCUT2D eigenvalue weighted by Crippen LogP contribution is 2.22. The molecule has 0 unspecified atom stereocenters. The van der Waals surface area contributed by atoms with Gasteiger partial charge in [0.25, 0.3) is 5.56 Å². The number of rotatable bonds is 9. The Balaban J connectivity index is 1.80. The van der Waals surface area contributed by atoms with Crippen LogP contribution in [0.25, 0.3) is 10.2 Å². The first-order valence-corrected chi connectivity index (χ1v) is 11.3. The van der Waals surface area contributed by atoms with Gasteiger partial charge in [-0.15, -0.1) is 11.3 Å². The van der Waals surface area contributed by atoms with Crippen molar-refractivity contribution in [2.24, 2.45) is 5.92 Å². The Bertz CT molecular complexity index is 1030. The van der Waals surface area contributed by atoms with Crippen molar-refractivity contribution in [1.82, 2.24) is 14.9 Å². The normalized spacial score (nSPS) is 11.2. The fraction of sp³-hybridized carbons (Fsp3) is 0.381. The number of aromatic nitrogens is 2. The van der Waals surface area contributed by atoms with Crippen LogP contribution < -0.4 is 15.6 Å². The van der Waals surface area contributed by atoms with Crippen LogP contribution in [0.15, 0.2) is 45.7 Å². The fourth-order valence-corrected chi connectivity index (χ4v) is 4.37. The van der Waals surface area contributed by atoms with Crippen LogP contribution in [0.5, 0.6) is 5.75 Å². The molecule has 2 aromatic heterocycles. The van der Waals surface area contributed by atoms with Gasteiger partial charge in [-0.25, -0.2) is 4.98 Å². The first-order valence-electron chi connectivity index (χ1n) is 9.48. The SMILES string of the molecule is COc1ccc(Cn2c(SCC(=O)NCCC(C)C)nc3ccsc3c2=O)cc1. The molecule has 29 heavy (non-hydrogen) atoms. The van der Waals surface area contributed by atoms with E-state index in [1.807, 2.05) is 35.7 Å². The molecular weight excluding hydrogens is 406 g/mol. The van der Waals surface area contributed by atoms with Gasteiger partial charge in [0.05, 0.1) is 24.9 Å². The van der Waals surface area contributed by atoms with Gasteiger partial charge < -0.3 is 10.1 Å². The van der Waals surface area contributed by atoms with Crippen molar-refractivity contribution in [2.75, 3.05) is 19.4 Å². The number of ether oxygens (including phenoxy) is 1. The van der Waals surface area contributed by atoms with Crippen molar-refractivity contribution in [1.29, 1.82) is 0 Å². The molecule has 0 fully saturated rings. The largest absolute Gasteiger partial charge is 0.497 e. The molecule has 0 bridgehead atoms. The smallest absolute Gasteiger partial charge is 0.272 e. The molecular formula is C21H25N3O3S2. The predicted octanol–water partition coefficient (Wildman–Crippen LogP) is 3.77. The van der Waals surface area contributed by atoms with Crippen molar-refractivity contribution in [2.45, 2.75) is 32.0 Å². The molecule has 1 N–H and O–H groups in total. The van der Waals surface area contributed by atoms with Crippen LogP contribution in [0, 0.1) is 5.92 Å². The molecule has 0 spiro atoms. The lowest BCUT2D eigenvalue weighted by atomic mass is 10.1. The van der Waals surface area contributed by atoms with Crippen molar-refractivity contribution < 1.29 is 9.53 Å². The van der Waals surface area contributed by atoms with Crippen LogP contribution in [0.3, 0.4) is 0 Å². The number of thioether (sulfide) groups is 1. The van der Waals surface area contributed by atoms with Crippen molar-refractivity contribution in [3.8, 4) is 5.75 Å². The monoisotopic (exact) mass is 431 g/mol. The Kier molecular flexibility index (Phi) is 7.33. The van der Waals surface area contributed by atoms with E-state index in [-0.39, 0.29) is 17.2 Å². The van der Waals surface area contributed by atoms with Gasteiger partial charge in [-0.3, -0.25) is 14.2 Å². The molecule has 154 valence electrons. The number of carbonyl (C=O) groups is 1. The number of amides is 1. The van der Waals surface area contributed by atoms with Gasteiger partial charge in [-0.2, -0.15) is 0 Å². The molecule has 1 amide bonds. The number of nitrogens with zero attached hydrogens (tertiary/aromatic N) is 2. The summed E-state index contributed by atoms with van der Waals surface area (Å²) in [5, 5.41) is 5.34. The minimum absolute atomic E-state index is 0.0497. The van der Waals surface area contributed by atoms with Crippen LogP contribution in [-0.2, 0) is 11.3 Å². The van der Waals surface area contributed by atoms with E-state index in [4.69, 9.17) is 4.74 Å². The molecule has 3 aromatic rings. The Labute approximate surface area is 178 Å². The average Bonchev–Trinajstić information content (AvgIpc) is 3.18. The molecule has 8 heteroatoms. The standard InChI is InChI=1S/C21H25N3O3S2/c1-14(2)8-10-22-18(25)13-29-21-23-17-9-11-28-19(17)20(26)24(21)12-15-4-6-16(27-3)7-5-15/h4-7,9,11,14H,8,10,12-13H2,1-3H3,(H,22,25). The molecule has 0 aliphatic carbocycles. The quantitative estimate of drug-likeness (QED) is 0.412. The summed E-state index contributed by atoms with van der Waals surface area (Å²) in [6.07, 6.45) is 0.942. The second-order valence-electron chi connectivity index (χ2n) is 7.09. The minimum atomic E-state index is -0.0801. The number of hydrogen-bond acceptors (Lipinski definition) is 6. The van der Waals surface area contributed by atoms with E-state index in [1.54, 1.807) is 11.7 Å². The second kappa shape index (κ2) is 9.93. The van der Waals surface area contributed by atoms with E-state index in [0.29, 0.717) is 34.4 Å². The van der Waals surface area contributed by atoms with Crippen LogP contribution in [0.4, 0.5) is 0 Å². The third-order valence-corrected chi connectivity index (χ3v) is 6.27. The lowest BCUT2D eigenvalue weighted by Crippen LogP contribution is -2.28. The van der Waals surface area contributed by atoms with E-state index in [1.165, 1.54) is 23.1 Å². The summed E-state index contributed by atoms with van der Waals surface area (Å²) in [6, 6.07) is 9.43. The third-order valence-electron chi connectivity index (χ3n) is 4.41. The van der Waals surface area contributed by atoms with E-state index < -0.39 is 0 Å². The van der Waals surface area contributed by atoms with Crippen molar-refractivity contribution >= 4 is 39.2 Å². The predicted molar refractivity (Wildman–Crippen MR) is 119 cm³/mol. The molecule has 0 atom stereocenters. The maximum absolute atomic E-state index is 13.0. The summed E-state index contributed by atoms with van der Waals surface area (Å²) in [5.41, 5.74) is 1.56. The van der Waals surface area contributed by atoms with Gasteiger partial charge in [0.2, 0.25) is 5.91 Å². The zero-order valence-corrected chi connectivity index (χ0v) is 18.4. The molecule has 0 saturated heterocycles. The molecule has 0 saturated carbocycles. The van der Waals surface area contributed by atoms with Crippen LogP contribution >= 0.6 is 23.1 Å². The summed E-state index contributed by atoms with van der Waals surface area (Å²) in [6.45, 7) is 5.30. The summed E-state index contributed by atoms with van der Waals surface area (Å²) in [5.74, 6) is 1.48. The maximum atomic E-state index is 13.0. The Morgan fingerprint density at radius 2 is 2.03 bits per heavy atom. The van der Waals surface area contributed by atoms with E-state index >= 15 is 0 Å². The number of carbonyl (C=O) groups excluding carboxylic acids is 1. The summed E-state index contributed by atoms with van der Waals surface area (Å²) < 4.78 is 7.47. The van der Waals surface area contributed by atoms with Gasteiger partial charge in [0.15, 0.2) is 5.16 Å². The molecule has 3 rings (SSSR count). The molecule has 6 nitrogen and oxygen atoms in total. The zero-order chi connectivity index (χ0) is 20.8. The minimum Gasteiger partial charge on any atom is -0.497 e. The topological polar surface area (TPSA) is 73.2 Å². The van der Waals surface area contributed by atoms with E-state index in [0.717, 1.165) is 17.7 Å². The number of thiophene rings is 1. The van der Waals surface area contributed by atoms with Gasteiger partial charge in [-0.05, 0) is 41.5 Å². The van der Waals surface area contributed by atoms with Gasteiger partial charge >= 0.3 is 0 Å². The lowest BCUT2D eigenvalue weighted by Gasteiger charge is -2.13. The van der Waals surface area contributed by atoms with Crippen molar-refractivity contribution in [3.63, 3.8) is 0 Å². The average molecular weight is 432 g/mol. The number of hydrogen-bond donors (Lipinski definition) is 1. The highest BCUT2D eigenvalue weighted by Gasteiger charge is 2.15. The third kappa shape index (κ3) is 5.61. The number of methoxy groups -OCH3 is 1. The fourth-order valence-electron chi connectivity index (χ4n) is 2.77. The first kappa shape index (κ1) is 21.4. The molecule has 0 radical (unpaired) electrons. The van der Waals surface area contributed by atoms with E-state index in [2.05, 4.69) is 24.1 Å². The highest BCUT2D eigenvalue weighted by molar-refractivity contribution is 7.99. The number of nitrogens with one attached hydrogen (secondary N) is 1. The van der Waals surface area contributed by atoms with Crippen LogP contribution in [0.2, 0.25) is 0 Å². The second-order valence-corrected chi connectivity index (χ2v) is 8.95. The number of benzene rings is 1. The molecule has 2 heterocycles. The lowest BCUT2D eigenvalue weighted by molar-refractivity contribution is -0.118. The Hall–Kier alpha value is -2.32. The Morgan fingerprint density at radius 1 is 1.28 bits per heavy atom. The van der Waals surface area contributed by atoms with Gasteiger partial charge in [0.1, 0.15) is 10.4 Å². The van der Waals surface area contributed by atoms with Crippen molar-refractivity contribution in [3.05, 3.63) is 51.6 Å². The molecule has 0 aliphatic rings. The highest BCUT2D eigenvalue weighted by atomic mass is 32.2. The zero-order valence-electron chi connectivity index (χ0n) is 16.8. The van der Waals surface area contributed by atoms with Crippen LogP contribution in [0.1, 0.15) is 25.8 Å². The summed E-state index contributed by atoms with van der Waals surface area (Å²) >= 11 is 2.68. The first-order chi connectivity index (χ1) is 14.0. The van der Waals surface area contributed by atoms with Crippen LogP contribution in [-0.4, -0.2) is 34.9 Å². The maximum Gasteiger partial charge on any atom is 0.272 e. The van der Waals surface area contributed by atoms with E-state index in [9.17, 15) is 9.59 Å².